The van der Waals surface area contributed by atoms with Crippen LogP contribution in [-0.2, 0) is 9.53 Å². The van der Waals surface area contributed by atoms with Crippen LogP contribution >= 0.6 is 0 Å². The van der Waals surface area contributed by atoms with Crippen molar-refractivity contribution < 1.29 is 18.7 Å². The monoisotopic (exact) mass is 416 g/mol. The smallest absolute Gasteiger partial charge is 0.257 e. The summed E-state index contributed by atoms with van der Waals surface area (Å²) in [5.41, 5.74) is 1.09. The first-order valence-electron chi connectivity index (χ1n) is 11.4. The van der Waals surface area contributed by atoms with Gasteiger partial charge in [-0.05, 0) is 55.9 Å². The van der Waals surface area contributed by atoms with Crippen molar-refractivity contribution in [3.8, 4) is 0 Å². The molecule has 2 aliphatic heterocycles. The van der Waals surface area contributed by atoms with Crippen molar-refractivity contribution in [2.24, 2.45) is 10.8 Å². The molecule has 6 nitrogen and oxygen atoms in total. The molecule has 1 aromatic heterocycles. The van der Waals surface area contributed by atoms with Gasteiger partial charge in [0.05, 0.1) is 17.9 Å². The average molecular weight is 417 g/mol. The zero-order chi connectivity index (χ0) is 21.5. The number of aryl methyl sites for hydroxylation is 1. The normalized spacial score (nSPS) is 29.9. The molecular weight excluding hydrogens is 380 g/mol. The molecule has 0 spiro atoms. The lowest BCUT2D eigenvalue weighted by Crippen LogP contribution is -2.42. The Kier molecular flexibility index (Phi) is 5.73. The highest BCUT2D eigenvalue weighted by molar-refractivity contribution is 5.95. The van der Waals surface area contributed by atoms with E-state index in [0.29, 0.717) is 36.9 Å². The molecule has 3 aliphatic rings. The topological polar surface area (TPSA) is 63.0 Å². The van der Waals surface area contributed by atoms with E-state index >= 15 is 0 Å². The van der Waals surface area contributed by atoms with Crippen molar-refractivity contribution in [3.05, 3.63) is 23.7 Å². The first-order chi connectivity index (χ1) is 14.2. The Hall–Kier alpha value is -1.82. The maximum atomic E-state index is 13.2. The molecule has 166 valence electrons. The third-order valence-corrected chi connectivity index (χ3v) is 7.16. The molecule has 2 bridgehead atoms. The fourth-order valence-corrected chi connectivity index (χ4v) is 6.21. The van der Waals surface area contributed by atoms with Gasteiger partial charge in [0, 0.05) is 38.7 Å². The van der Waals surface area contributed by atoms with E-state index in [-0.39, 0.29) is 28.7 Å². The minimum atomic E-state index is -0.0715. The predicted molar refractivity (Wildman–Crippen MR) is 114 cm³/mol. The number of hydrogen-bond acceptors (Lipinski definition) is 4. The summed E-state index contributed by atoms with van der Waals surface area (Å²) in [6, 6.07) is 2.05. The number of furan rings is 1. The summed E-state index contributed by atoms with van der Waals surface area (Å²) in [4.78, 5) is 30.2. The minimum absolute atomic E-state index is 0.0574. The van der Waals surface area contributed by atoms with Crippen LogP contribution in [0.15, 0.2) is 16.7 Å². The number of carbonyl (C=O) groups excluding carboxylic acids is 2. The molecule has 3 atom stereocenters. The Morgan fingerprint density at radius 3 is 2.73 bits per heavy atom. The number of ether oxygens (including phenoxy) is 1. The van der Waals surface area contributed by atoms with Crippen LogP contribution in [0, 0.1) is 17.8 Å². The molecule has 1 aliphatic carbocycles. The molecule has 2 amide bonds. The number of carbonyl (C=O) groups is 2. The highest BCUT2D eigenvalue weighted by Gasteiger charge is 2.50. The van der Waals surface area contributed by atoms with E-state index in [9.17, 15) is 9.59 Å². The number of hydrogen-bond donors (Lipinski definition) is 0. The first kappa shape index (κ1) is 21.4. The van der Waals surface area contributed by atoms with Gasteiger partial charge in [-0.15, -0.1) is 0 Å². The number of amides is 2. The van der Waals surface area contributed by atoms with E-state index in [4.69, 9.17) is 9.15 Å². The van der Waals surface area contributed by atoms with Gasteiger partial charge in [-0.25, -0.2) is 0 Å². The molecule has 3 fully saturated rings. The van der Waals surface area contributed by atoms with Gasteiger partial charge >= 0.3 is 0 Å². The van der Waals surface area contributed by atoms with Gasteiger partial charge in [-0.3, -0.25) is 9.59 Å². The van der Waals surface area contributed by atoms with E-state index in [1.165, 1.54) is 6.42 Å². The zero-order valence-corrected chi connectivity index (χ0v) is 18.9. The highest BCUT2D eigenvalue weighted by Crippen LogP contribution is 2.52. The summed E-state index contributed by atoms with van der Waals surface area (Å²) in [6.07, 6.45) is 7.30. The van der Waals surface area contributed by atoms with Crippen molar-refractivity contribution in [1.29, 1.82) is 0 Å². The Morgan fingerprint density at radius 1 is 1.27 bits per heavy atom. The summed E-state index contributed by atoms with van der Waals surface area (Å²) in [6.45, 7) is 11.3. The molecule has 0 aromatic carbocycles. The second kappa shape index (κ2) is 8.03. The van der Waals surface area contributed by atoms with E-state index in [1.54, 1.807) is 24.2 Å². The van der Waals surface area contributed by atoms with Crippen LogP contribution in [0.2, 0.25) is 0 Å². The maximum Gasteiger partial charge on any atom is 0.257 e. The van der Waals surface area contributed by atoms with Crippen molar-refractivity contribution in [1.82, 2.24) is 9.80 Å². The van der Waals surface area contributed by atoms with Crippen LogP contribution < -0.4 is 0 Å². The van der Waals surface area contributed by atoms with Gasteiger partial charge in [0.25, 0.3) is 5.91 Å². The van der Waals surface area contributed by atoms with Gasteiger partial charge < -0.3 is 19.0 Å². The summed E-state index contributed by atoms with van der Waals surface area (Å²) < 4.78 is 11.1. The Morgan fingerprint density at radius 2 is 2.07 bits per heavy atom. The molecular formula is C24H36N2O4. The van der Waals surface area contributed by atoms with Gasteiger partial charge in [0.2, 0.25) is 5.91 Å². The molecule has 3 heterocycles. The molecule has 4 rings (SSSR count). The van der Waals surface area contributed by atoms with Crippen molar-refractivity contribution >= 4 is 11.8 Å². The molecule has 2 saturated heterocycles. The largest absolute Gasteiger partial charge is 0.469 e. The quantitative estimate of drug-likeness (QED) is 0.702. The third kappa shape index (κ3) is 4.43. The molecule has 0 N–H and O–H groups in total. The van der Waals surface area contributed by atoms with E-state index in [2.05, 4.69) is 25.7 Å². The molecule has 1 aromatic rings. The zero-order valence-electron chi connectivity index (χ0n) is 18.9. The number of fused-ring (bicyclic) bond motifs is 2. The molecule has 6 heteroatoms. The van der Waals surface area contributed by atoms with Crippen LogP contribution in [0.3, 0.4) is 0 Å². The van der Waals surface area contributed by atoms with Crippen molar-refractivity contribution in [2.75, 3.05) is 26.2 Å². The lowest BCUT2D eigenvalue weighted by molar-refractivity contribution is -0.132. The molecule has 30 heavy (non-hydrogen) atoms. The number of rotatable bonds is 6. The number of likely N-dealkylation sites (tertiary alicyclic amines) is 1. The fraction of sp³-hybridized carbons (Fsp3) is 0.750. The van der Waals surface area contributed by atoms with Gasteiger partial charge in [-0.1, -0.05) is 20.8 Å². The maximum absolute atomic E-state index is 13.2. The summed E-state index contributed by atoms with van der Waals surface area (Å²) in [5, 5.41) is 0. The predicted octanol–water partition coefficient (Wildman–Crippen LogP) is 4.03. The SMILES string of the molecule is Cc1occc1C(=O)N(CCC(=O)N1CC2(C)CC1CC(C)(C)C2)CC1CCCO1. The Bertz CT molecular complexity index is 795. The van der Waals surface area contributed by atoms with E-state index in [1.807, 2.05) is 0 Å². The molecule has 0 radical (unpaired) electrons. The van der Waals surface area contributed by atoms with Crippen molar-refractivity contribution in [3.63, 3.8) is 0 Å². The summed E-state index contributed by atoms with van der Waals surface area (Å²) in [5.74, 6) is 0.723. The number of nitrogens with zero attached hydrogens (tertiary/aromatic N) is 2. The van der Waals surface area contributed by atoms with Gasteiger partial charge in [0.15, 0.2) is 0 Å². The van der Waals surface area contributed by atoms with Crippen LogP contribution in [0.4, 0.5) is 0 Å². The average Bonchev–Trinajstić information content (AvgIpc) is 3.36. The van der Waals surface area contributed by atoms with Crippen LogP contribution in [0.25, 0.3) is 0 Å². The lowest BCUT2D eigenvalue weighted by atomic mass is 9.65. The molecule has 3 unspecified atom stereocenters. The van der Waals surface area contributed by atoms with Crippen LogP contribution in [0.5, 0.6) is 0 Å². The second-order valence-electron chi connectivity index (χ2n) is 10.8. The van der Waals surface area contributed by atoms with Gasteiger partial charge in [-0.2, -0.15) is 0 Å². The summed E-state index contributed by atoms with van der Waals surface area (Å²) >= 11 is 0. The van der Waals surface area contributed by atoms with E-state index in [0.717, 1.165) is 38.8 Å². The standard InChI is InChI=1S/C24H36N2O4/c1-17-20(8-11-29-17)22(28)25(14-19-6-5-10-30-19)9-7-21(27)26-16-24(4)13-18(26)12-23(2,3)15-24/h8,11,18-19H,5-7,9-10,12-16H2,1-4H3. The van der Waals surface area contributed by atoms with E-state index < -0.39 is 0 Å². The molecule has 1 saturated carbocycles. The third-order valence-electron chi connectivity index (χ3n) is 7.16. The Balaban J connectivity index is 1.42. The van der Waals surface area contributed by atoms with Gasteiger partial charge in [0.1, 0.15) is 5.76 Å². The fourth-order valence-electron chi connectivity index (χ4n) is 6.21. The van der Waals surface area contributed by atoms with Crippen molar-refractivity contribution in [2.45, 2.75) is 78.4 Å². The Labute approximate surface area is 179 Å². The lowest BCUT2D eigenvalue weighted by Gasteiger charge is -2.39. The second-order valence-corrected chi connectivity index (χ2v) is 10.8. The summed E-state index contributed by atoms with van der Waals surface area (Å²) in [7, 11) is 0. The highest BCUT2D eigenvalue weighted by atomic mass is 16.5. The first-order valence-corrected chi connectivity index (χ1v) is 11.4. The van der Waals surface area contributed by atoms with Crippen LogP contribution in [-0.4, -0.2) is 60.0 Å². The van der Waals surface area contributed by atoms with Crippen LogP contribution in [0.1, 0.15) is 75.4 Å². The minimum Gasteiger partial charge on any atom is -0.469 e.